The van der Waals surface area contributed by atoms with Crippen LogP contribution in [0.1, 0.15) is 33.6 Å². The van der Waals surface area contributed by atoms with Crippen LogP contribution in [0.5, 0.6) is 0 Å². The average Bonchev–Trinajstić information content (AvgIpc) is 2.14. The predicted octanol–water partition coefficient (Wildman–Crippen LogP) is 1.67. The first-order valence-electron chi connectivity index (χ1n) is 5.45. The fourth-order valence-corrected chi connectivity index (χ4v) is 1.95. The maximum Gasteiger partial charge on any atom is 0.323 e. The van der Waals surface area contributed by atoms with Gasteiger partial charge in [-0.15, -0.1) is 0 Å². The zero-order valence-electron chi connectivity index (χ0n) is 9.62. The predicted molar refractivity (Wildman–Crippen MR) is 56.0 cm³/mol. The van der Waals surface area contributed by atoms with Gasteiger partial charge in [0.1, 0.15) is 6.04 Å². The molecule has 0 radical (unpaired) electrons. The second-order valence-corrected chi connectivity index (χ2v) is 4.19. The number of carbonyl (C=O) groups is 1. The molecule has 3 nitrogen and oxygen atoms in total. The van der Waals surface area contributed by atoms with E-state index in [1.807, 2.05) is 0 Å². The van der Waals surface area contributed by atoms with E-state index in [0.717, 1.165) is 19.4 Å². The Morgan fingerprint density at radius 2 is 2.21 bits per heavy atom. The van der Waals surface area contributed by atoms with Crippen LogP contribution in [0.3, 0.4) is 0 Å². The molecule has 0 saturated carbocycles. The van der Waals surface area contributed by atoms with E-state index in [-0.39, 0.29) is 12.0 Å². The normalized spacial score (nSPS) is 26.4. The summed E-state index contributed by atoms with van der Waals surface area (Å²) in [7, 11) is 1.47. The topological polar surface area (TPSA) is 29.5 Å². The van der Waals surface area contributed by atoms with Crippen molar-refractivity contribution in [3.63, 3.8) is 0 Å². The first kappa shape index (κ1) is 11.5. The number of methoxy groups -OCH3 is 1. The SMILES string of the molecule is CCC(C)C(C)N1CCC1C(=O)OC. The first-order valence-corrected chi connectivity index (χ1v) is 5.45. The number of likely N-dealkylation sites (tertiary alicyclic amines) is 1. The number of nitrogens with zero attached hydrogens (tertiary/aromatic N) is 1. The van der Waals surface area contributed by atoms with E-state index >= 15 is 0 Å². The molecule has 1 aliphatic heterocycles. The van der Waals surface area contributed by atoms with Crippen molar-refractivity contribution in [3.8, 4) is 0 Å². The molecule has 0 N–H and O–H groups in total. The molecule has 82 valence electrons. The Hall–Kier alpha value is -0.570. The maximum atomic E-state index is 11.4. The van der Waals surface area contributed by atoms with E-state index in [4.69, 9.17) is 4.74 Å². The number of esters is 1. The lowest BCUT2D eigenvalue weighted by atomic mass is 9.92. The highest BCUT2D eigenvalue weighted by Crippen LogP contribution is 2.26. The Balaban J connectivity index is 2.49. The summed E-state index contributed by atoms with van der Waals surface area (Å²) in [6, 6.07) is 0.502. The van der Waals surface area contributed by atoms with Gasteiger partial charge >= 0.3 is 5.97 Å². The van der Waals surface area contributed by atoms with E-state index < -0.39 is 0 Å². The van der Waals surface area contributed by atoms with Gasteiger partial charge in [0.15, 0.2) is 0 Å². The summed E-state index contributed by atoms with van der Waals surface area (Å²) >= 11 is 0. The van der Waals surface area contributed by atoms with Gasteiger partial charge in [0.05, 0.1) is 7.11 Å². The highest BCUT2D eigenvalue weighted by atomic mass is 16.5. The first-order chi connectivity index (χ1) is 6.61. The average molecular weight is 199 g/mol. The molecule has 1 rings (SSSR count). The van der Waals surface area contributed by atoms with Gasteiger partial charge in [-0.2, -0.15) is 0 Å². The van der Waals surface area contributed by atoms with Gasteiger partial charge < -0.3 is 4.74 Å². The van der Waals surface area contributed by atoms with Gasteiger partial charge in [-0.3, -0.25) is 9.69 Å². The summed E-state index contributed by atoms with van der Waals surface area (Å²) in [5.74, 6) is 0.564. The van der Waals surface area contributed by atoms with Crippen molar-refractivity contribution >= 4 is 5.97 Å². The third kappa shape index (κ3) is 2.08. The molecule has 0 aromatic heterocycles. The van der Waals surface area contributed by atoms with Gasteiger partial charge in [0.2, 0.25) is 0 Å². The summed E-state index contributed by atoms with van der Waals surface area (Å²) < 4.78 is 4.77. The van der Waals surface area contributed by atoms with Crippen molar-refractivity contribution in [1.29, 1.82) is 0 Å². The van der Waals surface area contributed by atoms with E-state index in [2.05, 4.69) is 25.7 Å². The molecule has 3 unspecified atom stereocenters. The molecule has 0 aliphatic carbocycles. The molecule has 1 heterocycles. The van der Waals surface area contributed by atoms with Gasteiger partial charge in [-0.05, 0) is 19.3 Å². The summed E-state index contributed by atoms with van der Waals surface area (Å²) in [6.45, 7) is 7.65. The summed E-state index contributed by atoms with van der Waals surface area (Å²) in [5.41, 5.74) is 0. The number of rotatable bonds is 4. The lowest BCUT2D eigenvalue weighted by Crippen LogP contribution is -2.57. The Morgan fingerprint density at radius 3 is 2.57 bits per heavy atom. The van der Waals surface area contributed by atoms with Crippen LogP contribution in [-0.4, -0.2) is 36.6 Å². The molecule has 0 bridgehead atoms. The van der Waals surface area contributed by atoms with Crippen LogP contribution in [0.2, 0.25) is 0 Å². The number of hydrogen-bond acceptors (Lipinski definition) is 3. The summed E-state index contributed by atoms with van der Waals surface area (Å²) in [4.78, 5) is 13.6. The van der Waals surface area contributed by atoms with Crippen molar-refractivity contribution in [2.45, 2.75) is 45.7 Å². The zero-order chi connectivity index (χ0) is 10.7. The minimum absolute atomic E-state index is 0.0176. The fourth-order valence-electron chi connectivity index (χ4n) is 1.95. The standard InChI is InChI=1S/C11H21NO2/c1-5-8(2)9(3)12-7-6-10(12)11(13)14-4/h8-10H,5-7H2,1-4H3. The van der Waals surface area contributed by atoms with Crippen LogP contribution in [-0.2, 0) is 9.53 Å². The smallest absolute Gasteiger partial charge is 0.323 e. The van der Waals surface area contributed by atoms with E-state index in [0.29, 0.717) is 12.0 Å². The molecule has 0 amide bonds. The molecule has 0 aromatic carbocycles. The maximum absolute atomic E-state index is 11.4. The molecule has 3 atom stereocenters. The van der Waals surface area contributed by atoms with E-state index in [1.165, 1.54) is 7.11 Å². The van der Waals surface area contributed by atoms with Gasteiger partial charge in [0, 0.05) is 12.6 Å². The molecular formula is C11H21NO2. The highest BCUT2D eigenvalue weighted by Gasteiger charge is 2.38. The zero-order valence-corrected chi connectivity index (χ0v) is 9.62. The highest BCUT2D eigenvalue weighted by molar-refractivity contribution is 5.76. The van der Waals surface area contributed by atoms with Crippen molar-refractivity contribution in [3.05, 3.63) is 0 Å². The molecule has 1 fully saturated rings. The van der Waals surface area contributed by atoms with Crippen LogP contribution in [0, 0.1) is 5.92 Å². The van der Waals surface area contributed by atoms with Crippen LogP contribution in [0.25, 0.3) is 0 Å². The molecule has 3 heteroatoms. The molecule has 0 aromatic rings. The monoisotopic (exact) mass is 199 g/mol. The number of hydrogen-bond donors (Lipinski definition) is 0. The minimum Gasteiger partial charge on any atom is -0.468 e. The minimum atomic E-state index is -0.0774. The van der Waals surface area contributed by atoms with Crippen LogP contribution >= 0.6 is 0 Å². The molecule has 14 heavy (non-hydrogen) atoms. The van der Waals surface area contributed by atoms with E-state index in [9.17, 15) is 4.79 Å². The summed E-state index contributed by atoms with van der Waals surface area (Å²) in [6.07, 6.45) is 2.11. The van der Waals surface area contributed by atoms with Gasteiger partial charge in [-0.25, -0.2) is 0 Å². The van der Waals surface area contributed by atoms with Gasteiger partial charge in [0.25, 0.3) is 0 Å². The van der Waals surface area contributed by atoms with Crippen molar-refractivity contribution < 1.29 is 9.53 Å². The number of ether oxygens (including phenoxy) is 1. The Morgan fingerprint density at radius 1 is 1.57 bits per heavy atom. The molecule has 1 saturated heterocycles. The van der Waals surface area contributed by atoms with E-state index in [1.54, 1.807) is 0 Å². The van der Waals surface area contributed by atoms with Crippen molar-refractivity contribution in [2.75, 3.05) is 13.7 Å². The molecule has 0 spiro atoms. The largest absolute Gasteiger partial charge is 0.468 e. The van der Waals surface area contributed by atoms with Crippen LogP contribution in [0.15, 0.2) is 0 Å². The molecular weight excluding hydrogens is 178 g/mol. The van der Waals surface area contributed by atoms with Crippen LogP contribution < -0.4 is 0 Å². The summed E-state index contributed by atoms with van der Waals surface area (Å²) in [5, 5.41) is 0. The third-order valence-electron chi connectivity index (χ3n) is 3.52. The second kappa shape index (κ2) is 4.78. The molecule has 1 aliphatic rings. The third-order valence-corrected chi connectivity index (χ3v) is 3.52. The second-order valence-electron chi connectivity index (χ2n) is 4.19. The Kier molecular flexibility index (Phi) is 3.93. The van der Waals surface area contributed by atoms with Crippen LogP contribution in [0.4, 0.5) is 0 Å². The number of carbonyl (C=O) groups excluding carboxylic acids is 1. The fraction of sp³-hybridized carbons (Fsp3) is 0.909. The van der Waals surface area contributed by atoms with Gasteiger partial charge in [-0.1, -0.05) is 20.3 Å². The lowest BCUT2D eigenvalue weighted by molar-refractivity contribution is -0.154. The van der Waals surface area contributed by atoms with Crippen molar-refractivity contribution in [2.24, 2.45) is 5.92 Å². The quantitative estimate of drug-likeness (QED) is 0.645. The Labute approximate surface area is 86.4 Å². The lowest BCUT2D eigenvalue weighted by Gasteiger charge is -2.45. The van der Waals surface area contributed by atoms with Crippen molar-refractivity contribution in [1.82, 2.24) is 4.90 Å². The Bertz CT molecular complexity index is 205.